The Bertz CT molecular complexity index is 769. The van der Waals surface area contributed by atoms with Gasteiger partial charge in [-0.1, -0.05) is 29.8 Å². The third kappa shape index (κ3) is 6.94. The number of nitrogens with zero attached hydrogens (tertiary/aromatic N) is 1. The van der Waals surface area contributed by atoms with Gasteiger partial charge in [0.1, 0.15) is 11.6 Å². The van der Waals surface area contributed by atoms with Gasteiger partial charge in [-0.2, -0.15) is 0 Å². The number of benzene rings is 2. The van der Waals surface area contributed by atoms with Crippen molar-refractivity contribution >= 4 is 29.9 Å². The largest absolute Gasteiger partial charge is 0.496 e. The molecule has 154 valence electrons. The number of ether oxygens (including phenoxy) is 1. The molecule has 28 heavy (non-hydrogen) atoms. The van der Waals surface area contributed by atoms with Gasteiger partial charge in [-0.25, -0.2) is 4.39 Å². The first-order valence-electron chi connectivity index (χ1n) is 9.07. The lowest BCUT2D eigenvalue weighted by Gasteiger charge is -2.21. The van der Waals surface area contributed by atoms with Gasteiger partial charge in [-0.05, 0) is 44.5 Å². The Labute approximate surface area is 183 Å². The third-order valence-corrected chi connectivity index (χ3v) is 4.23. The minimum Gasteiger partial charge on any atom is -0.496 e. The molecule has 0 aromatic heterocycles. The van der Waals surface area contributed by atoms with Crippen LogP contribution in [-0.4, -0.2) is 31.3 Å². The van der Waals surface area contributed by atoms with E-state index in [4.69, 9.17) is 4.74 Å². The van der Waals surface area contributed by atoms with Gasteiger partial charge in [-0.15, -0.1) is 24.0 Å². The Hall–Kier alpha value is -1.87. The molecule has 0 aliphatic carbocycles. The maximum absolute atomic E-state index is 13.0. The summed E-state index contributed by atoms with van der Waals surface area (Å²) >= 11 is 0. The minimum absolute atomic E-state index is 0. The quantitative estimate of drug-likeness (QED) is 0.304. The first-order chi connectivity index (χ1) is 12.9. The van der Waals surface area contributed by atoms with Crippen molar-refractivity contribution in [2.24, 2.45) is 4.99 Å². The summed E-state index contributed by atoms with van der Waals surface area (Å²) in [6.45, 7) is 6.90. The fraction of sp³-hybridized carbons (Fsp3) is 0.381. The Kier molecular flexibility index (Phi) is 10.2. The molecule has 2 rings (SSSR count). The van der Waals surface area contributed by atoms with Crippen LogP contribution in [0.25, 0.3) is 0 Å². The molecule has 0 aliphatic rings. The number of aliphatic hydroxyl groups excluding tert-OH is 1. The van der Waals surface area contributed by atoms with E-state index in [0.717, 1.165) is 16.9 Å². The van der Waals surface area contributed by atoms with E-state index in [1.165, 1.54) is 12.1 Å². The molecule has 0 bridgehead atoms. The van der Waals surface area contributed by atoms with Crippen LogP contribution in [0.2, 0.25) is 0 Å². The van der Waals surface area contributed by atoms with E-state index >= 15 is 0 Å². The summed E-state index contributed by atoms with van der Waals surface area (Å²) < 4.78 is 18.5. The zero-order chi connectivity index (χ0) is 19.8. The van der Waals surface area contributed by atoms with Gasteiger partial charge in [-0.3, -0.25) is 4.99 Å². The zero-order valence-corrected chi connectivity index (χ0v) is 19.0. The lowest BCUT2D eigenvalue weighted by Crippen LogP contribution is -2.39. The normalized spacial score (nSPS) is 13.3. The van der Waals surface area contributed by atoms with Crippen molar-refractivity contribution in [2.75, 3.05) is 20.2 Å². The number of aryl methyl sites for hydroxylation is 1. The van der Waals surface area contributed by atoms with Crippen molar-refractivity contribution < 1.29 is 14.2 Å². The summed E-state index contributed by atoms with van der Waals surface area (Å²) in [6, 6.07) is 11.8. The summed E-state index contributed by atoms with van der Waals surface area (Å²) in [5, 5.41) is 16.8. The van der Waals surface area contributed by atoms with Crippen molar-refractivity contribution in [1.82, 2.24) is 10.6 Å². The molecular formula is C21H29FIN3O2. The smallest absolute Gasteiger partial charge is 0.191 e. The Morgan fingerprint density at radius 3 is 2.50 bits per heavy atom. The second-order valence-electron chi connectivity index (χ2n) is 6.40. The van der Waals surface area contributed by atoms with E-state index in [9.17, 15) is 9.50 Å². The van der Waals surface area contributed by atoms with Crippen molar-refractivity contribution in [3.63, 3.8) is 0 Å². The molecule has 0 saturated carbocycles. The summed E-state index contributed by atoms with van der Waals surface area (Å²) in [4.78, 5) is 4.47. The van der Waals surface area contributed by atoms with Gasteiger partial charge < -0.3 is 20.5 Å². The molecule has 2 atom stereocenters. The van der Waals surface area contributed by atoms with Crippen LogP contribution in [0.3, 0.4) is 0 Å². The average molecular weight is 501 g/mol. The second-order valence-corrected chi connectivity index (χ2v) is 6.40. The number of guanidine groups is 1. The molecule has 0 aliphatic heterocycles. The van der Waals surface area contributed by atoms with Crippen molar-refractivity contribution in [2.45, 2.75) is 32.9 Å². The van der Waals surface area contributed by atoms with Crippen LogP contribution in [0, 0.1) is 12.7 Å². The van der Waals surface area contributed by atoms with E-state index in [1.807, 2.05) is 32.9 Å². The number of halogens is 2. The third-order valence-electron chi connectivity index (χ3n) is 4.23. The van der Waals surface area contributed by atoms with Crippen LogP contribution in [0.15, 0.2) is 47.5 Å². The molecular weight excluding hydrogens is 472 g/mol. The van der Waals surface area contributed by atoms with Crippen molar-refractivity contribution in [3.05, 3.63) is 65.0 Å². The second kappa shape index (κ2) is 11.9. The first-order valence-corrected chi connectivity index (χ1v) is 9.07. The standard InChI is InChI=1S/C21H28FN3O2.HI/c1-5-23-21(24-13-19(26)16-7-9-17(22)10-8-16)25-15(3)18-12-14(2)6-11-20(18)27-4;/h6-12,15,19,26H,5,13H2,1-4H3,(H2,23,24,25);1H. The summed E-state index contributed by atoms with van der Waals surface area (Å²) in [7, 11) is 1.65. The first kappa shape index (κ1) is 24.2. The molecule has 0 heterocycles. The van der Waals surface area contributed by atoms with Crippen LogP contribution in [0.1, 0.15) is 42.7 Å². The highest BCUT2D eigenvalue weighted by molar-refractivity contribution is 14.0. The SMILES string of the molecule is CCNC(=NCC(O)c1ccc(F)cc1)NC(C)c1cc(C)ccc1OC.I. The zero-order valence-electron chi connectivity index (χ0n) is 16.7. The van der Waals surface area contributed by atoms with Crippen LogP contribution < -0.4 is 15.4 Å². The fourth-order valence-corrected chi connectivity index (χ4v) is 2.76. The van der Waals surface area contributed by atoms with E-state index in [2.05, 4.69) is 21.7 Å². The molecule has 2 unspecified atom stereocenters. The fourth-order valence-electron chi connectivity index (χ4n) is 2.76. The Morgan fingerprint density at radius 2 is 1.89 bits per heavy atom. The highest BCUT2D eigenvalue weighted by Gasteiger charge is 2.14. The molecule has 7 heteroatoms. The van der Waals surface area contributed by atoms with Crippen LogP contribution in [-0.2, 0) is 0 Å². The van der Waals surface area contributed by atoms with Crippen LogP contribution >= 0.6 is 24.0 Å². The van der Waals surface area contributed by atoms with E-state index in [1.54, 1.807) is 19.2 Å². The van der Waals surface area contributed by atoms with Crippen LogP contribution in [0.5, 0.6) is 5.75 Å². The molecule has 0 amide bonds. The predicted octanol–water partition coefficient (Wildman–Crippen LogP) is 4.11. The molecule has 0 radical (unpaired) electrons. The molecule has 0 spiro atoms. The van der Waals surface area contributed by atoms with Gasteiger partial charge in [0, 0.05) is 12.1 Å². The van der Waals surface area contributed by atoms with Crippen molar-refractivity contribution in [3.8, 4) is 5.75 Å². The summed E-state index contributed by atoms with van der Waals surface area (Å²) in [5.74, 6) is 1.07. The monoisotopic (exact) mass is 501 g/mol. The number of aliphatic hydroxyl groups is 1. The van der Waals surface area contributed by atoms with Crippen molar-refractivity contribution in [1.29, 1.82) is 0 Å². The number of aliphatic imine (C=N–C) groups is 1. The molecule has 2 aromatic rings. The molecule has 0 saturated heterocycles. The predicted molar refractivity (Wildman–Crippen MR) is 122 cm³/mol. The topological polar surface area (TPSA) is 65.9 Å². The molecule has 3 N–H and O–H groups in total. The minimum atomic E-state index is -0.801. The van der Waals surface area contributed by atoms with Gasteiger partial charge in [0.15, 0.2) is 5.96 Å². The number of rotatable bonds is 7. The van der Waals surface area contributed by atoms with E-state index in [0.29, 0.717) is 18.1 Å². The van der Waals surface area contributed by atoms with Gasteiger partial charge in [0.25, 0.3) is 0 Å². The summed E-state index contributed by atoms with van der Waals surface area (Å²) in [6.07, 6.45) is -0.801. The highest BCUT2D eigenvalue weighted by Crippen LogP contribution is 2.26. The number of hydrogen-bond acceptors (Lipinski definition) is 3. The van der Waals surface area contributed by atoms with E-state index < -0.39 is 6.10 Å². The van der Waals surface area contributed by atoms with Gasteiger partial charge in [0.2, 0.25) is 0 Å². The number of methoxy groups -OCH3 is 1. The Balaban J connectivity index is 0.00000392. The van der Waals surface area contributed by atoms with E-state index in [-0.39, 0.29) is 42.4 Å². The molecule has 2 aromatic carbocycles. The lowest BCUT2D eigenvalue weighted by molar-refractivity contribution is 0.187. The maximum Gasteiger partial charge on any atom is 0.191 e. The lowest BCUT2D eigenvalue weighted by atomic mass is 10.0. The van der Waals surface area contributed by atoms with Crippen LogP contribution in [0.4, 0.5) is 4.39 Å². The molecule has 5 nitrogen and oxygen atoms in total. The highest BCUT2D eigenvalue weighted by atomic mass is 127. The van der Waals surface area contributed by atoms with Gasteiger partial charge in [0.05, 0.1) is 25.8 Å². The average Bonchev–Trinajstić information content (AvgIpc) is 2.66. The summed E-state index contributed by atoms with van der Waals surface area (Å²) in [5.41, 5.74) is 2.81. The van der Waals surface area contributed by atoms with Gasteiger partial charge >= 0.3 is 0 Å². The maximum atomic E-state index is 13.0. The Morgan fingerprint density at radius 1 is 1.21 bits per heavy atom. The number of nitrogens with one attached hydrogen (secondary N) is 2. The molecule has 0 fully saturated rings. The number of hydrogen-bond donors (Lipinski definition) is 3.